The van der Waals surface area contributed by atoms with Crippen LogP contribution in [-0.4, -0.2) is 23.3 Å². The van der Waals surface area contributed by atoms with E-state index in [1.54, 1.807) is 11.7 Å². The molecule has 0 spiro atoms. The lowest BCUT2D eigenvalue weighted by molar-refractivity contribution is 0.185. The van der Waals surface area contributed by atoms with E-state index in [1.807, 2.05) is 24.3 Å². The van der Waals surface area contributed by atoms with Crippen molar-refractivity contribution in [1.29, 1.82) is 0 Å². The number of nitrogens with zero attached hydrogens (tertiary/aromatic N) is 2. The van der Waals surface area contributed by atoms with Gasteiger partial charge in [-0.1, -0.05) is 25.5 Å². The average molecular weight is 260 g/mol. The second kappa shape index (κ2) is 6.48. The van der Waals surface area contributed by atoms with Crippen molar-refractivity contribution in [3.8, 4) is 0 Å². The van der Waals surface area contributed by atoms with Gasteiger partial charge >= 0.3 is 0 Å². The first kappa shape index (κ1) is 13.7. The van der Waals surface area contributed by atoms with Gasteiger partial charge in [0, 0.05) is 13.5 Å². The third-order valence-electron chi connectivity index (χ3n) is 3.21. The molecule has 0 aliphatic carbocycles. The van der Waals surface area contributed by atoms with Crippen LogP contribution in [0.25, 0.3) is 10.9 Å². The zero-order valence-electron chi connectivity index (χ0n) is 11.6. The molecule has 0 saturated carbocycles. The minimum Gasteiger partial charge on any atom is -0.383 e. The Labute approximate surface area is 113 Å². The SMILES string of the molecule is CCCCc1nc2ccccc2c(=O)n1CCOC. The summed E-state index contributed by atoms with van der Waals surface area (Å²) >= 11 is 0. The first-order valence-corrected chi connectivity index (χ1v) is 6.75. The molecule has 102 valence electrons. The van der Waals surface area contributed by atoms with Crippen LogP contribution in [0.1, 0.15) is 25.6 Å². The van der Waals surface area contributed by atoms with Gasteiger partial charge in [0.1, 0.15) is 5.82 Å². The maximum absolute atomic E-state index is 12.5. The second-order valence-electron chi connectivity index (χ2n) is 4.60. The molecule has 2 aromatic rings. The largest absolute Gasteiger partial charge is 0.383 e. The van der Waals surface area contributed by atoms with E-state index >= 15 is 0 Å². The summed E-state index contributed by atoms with van der Waals surface area (Å²) < 4.78 is 6.84. The predicted molar refractivity (Wildman–Crippen MR) is 76.5 cm³/mol. The van der Waals surface area contributed by atoms with Crippen molar-refractivity contribution in [2.75, 3.05) is 13.7 Å². The summed E-state index contributed by atoms with van der Waals surface area (Å²) in [6.45, 7) is 3.23. The molecule has 0 aliphatic rings. The zero-order chi connectivity index (χ0) is 13.7. The molecule has 0 atom stereocenters. The Morgan fingerprint density at radius 3 is 2.84 bits per heavy atom. The predicted octanol–water partition coefficient (Wildman–Crippen LogP) is 2.39. The van der Waals surface area contributed by atoms with Crippen LogP contribution in [0.15, 0.2) is 29.1 Å². The normalized spacial score (nSPS) is 11.1. The van der Waals surface area contributed by atoms with Gasteiger partial charge in [0.25, 0.3) is 5.56 Å². The molecule has 0 fully saturated rings. The van der Waals surface area contributed by atoms with Crippen LogP contribution in [0.3, 0.4) is 0 Å². The van der Waals surface area contributed by atoms with Crippen molar-refractivity contribution in [3.63, 3.8) is 0 Å². The summed E-state index contributed by atoms with van der Waals surface area (Å²) in [6, 6.07) is 7.51. The third kappa shape index (κ3) is 3.01. The van der Waals surface area contributed by atoms with Crippen LogP contribution in [0.2, 0.25) is 0 Å². The number of fused-ring (bicyclic) bond motifs is 1. The summed E-state index contributed by atoms with van der Waals surface area (Å²) in [7, 11) is 1.64. The van der Waals surface area contributed by atoms with Gasteiger partial charge in [0.05, 0.1) is 24.1 Å². The van der Waals surface area contributed by atoms with Crippen LogP contribution in [0.4, 0.5) is 0 Å². The molecule has 0 N–H and O–H groups in total. The Morgan fingerprint density at radius 1 is 1.32 bits per heavy atom. The van der Waals surface area contributed by atoms with Gasteiger partial charge in [0.2, 0.25) is 0 Å². The number of hydrogen-bond donors (Lipinski definition) is 0. The summed E-state index contributed by atoms with van der Waals surface area (Å²) in [4.78, 5) is 17.1. The molecule has 0 saturated heterocycles. The highest BCUT2D eigenvalue weighted by Crippen LogP contribution is 2.09. The van der Waals surface area contributed by atoms with Crippen molar-refractivity contribution in [2.24, 2.45) is 0 Å². The maximum atomic E-state index is 12.5. The molecular weight excluding hydrogens is 240 g/mol. The molecule has 2 rings (SSSR count). The minimum absolute atomic E-state index is 0.0359. The number of ether oxygens (including phenoxy) is 1. The van der Waals surface area contributed by atoms with E-state index in [2.05, 4.69) is 11.9 Å². The maximum Gasteiger partial charge on any atom is 0.261 e. The van der Waals surface area contributed by atoms with E-state index in [0.29, 0.717) is 18.5 Å². The van der Waals surface area contributed by atoms with Gasteiger partial charge in [-0.15, -0.1) is 0 Å². The summed E-state index contributed by atoms with van der Waals surface area (Å²) in [5, 5.41) is 0.679. The van der Waals surface area contributed by atoms with Crippen LogP contribution in [0.5, 0.6) is 0 Å². The van der Waals surface area contributed by atoms with E-state index < -0.39 is 0 Å². The second-order valence-corrected chi connectivity index (χ2v) is 4.60. The highest BCUT2D eigenvalue weighted by atomic mass is 16.5. The number of hydrogen-bond acceptors (Lipinski definition) is 3. The van der Waals surface area contributed by atoms with Crippen LogP contribution in [0, 0.1) is 0 Å². The number of para-hydroxylation sites is 1. The lowest BCUT2D eigenvalue weighted by atomic mass is 10.2. The molecular formula is C15H20N2O2. The van der Waals surface area contributed by atoms with Crippen LogP contribution >= 0.6 is 0 Å². The van der Waals surface area contributed by atoms with Crippen molar-refractivity contribution < 1.29 is 4.74 Å². The monoisotopic (exact) mass is 260 g/mol. The van der Waals surface area contributed by atoms with Crippen LogP contribution < -0.4 is 5.56 Å². The molecule has 1 aromatic heterocycles. The first-order valence-electron chi connectivity index (χ1n) is 6.75. The number of aryl methyl sites for hydroxylation is 1. The molecule has 0 bridgehead atoms. The van der Waals surface area contributed by atoms with E-state index in [1.165, 1.54) is 0 Å². The van der Waals surface area contributed by atoms with Crippen molar-refractivity contribution >= 4 is 10.9 Å². The molecule has 0 aliphatic heterocycles. The standard InChI is InChI=1S/C15H20N2O2/c1-3-4-9-14-16-13-8-6-5-7-12(13)15(18)17(14)10-11-19-2/h5-8H,3-4,9-11H2,1-2H3. The number of benzene rings is 1. The number of rotatable bonds is 6. The fourth-order valence-electron chi connectivity index (χ4n) is 2.15. The Morgan fingerprint density at radius 2 is 2.11 bits per heavy atom. The first-order chi connectivity index (χ1) is 9.27. The Bertz CT molecular complexity index is 605. The molecule has 1 aromatic carbocycles. The van der Waals surface area contributed by atoms with Crippen molar-refractivity contribution in [1.82, 2.24) is 9.55 Å². The minimum atomic E-state index is 0.0359. The number of unbranched alkanes of at least 4 members (excludes halogenated alkanes) is 1. The molecule has 4 heteroatoms. The summed E-state index contributed by atoms with van der Waals surface area (Å²) in [6.07, 6.45) is 2.96. The van der Waals surface area contributed by atoms with Crippen molar-refractivity contribution in [3.05, 3.63) is 40.4 Å². The smallest absolute Gasteiger partial charge is 0.261 e. The molecule has 0 amide bonds. The van der Waals surface area contributed by atoms with E-state index in [0.717, 1.165) is 30.6 Å². The lowest BCUT2D eigenvalue weighted by Gasteiger charge is -2.12. The highest BCUT2D eigenvalue weighted by molar-refractivity contribution is 5.77. The van der Waals surface area contributed by atoms with Crippen molar-refractivity contribution in [2.45, 2.75) is 32.7 Å². The summed E-state index contributed by atoms with van der Waals surface area (Å²) in [5.74, 6) is 0.864. The Balaban J connectivity index is 2.52. The third-order valence-corrected chi connectivity index (χ3v) is 3.21. The highest BCUT2D eigenvalue weighted by Gasteiger charge is 2.09. The zero-order valence-corrected chi connectivity index (χ0v) is 11.6. The van der Waals surface area contributed by atoms with Gasteiger partial charge in [-0.3, -0.25) is 9.36 Å². The average Bonchev–Trinajstić information content (AvgIpc) is 2.44. The van der Waals surface area contributed by atoms with E-state index in [9.17, 15) is 4.79 Å². The fraction of sp³-hybridized carbons (Fsp3) is 0.467. The van der Waals surface area contributed by atoms with Gasteiger partial charge in [0.15, 0.2) is 0 Å². The lowest BCUT2D eigenvalue weighted by Crippen LogP contribution is -2.27. The van der Waals surface area contributed by atoms with Gasteiger partial charge in [-0.25, -0.2) is 4.98 Å². The topological polar surface area (TPSA) is 44.1 Å². The van der Waals surface area contributed by atoms with Gasteiger partial charge < -0.3 is 4.74 Å². The Hall–Kier alpha value is -1.68. The van der Waals surface area contributed by atoms with E-state index in [-0.39, 0.29) is 5.56 Å². The molecule has 0 radical (unpaired) electrons. The molecule has 1 heterocycles. The molecule has 0 unspecified atom stereocenters. The number of aromatic nitrogens is 2. The fourth-order valence-corrected chi connectivity index (χ4v) is 2.15. The molecule has 19 heavy (non-hydrogen) atoms. The van der Waals surface area contributed by atoms with Gasteiger partial charge in [-0.05, 0) is 18.6 Å². The van der Waals surface area contributed by atoms with E-state index in [4.69, 9.17) is 4.74 Å². The van der Waals surface area contributed by atoms with Gasteiger partial charge in [-0.2, -0.15) is 0 Å². The number of methoxy groups -OCH3 is 1. The van der Waals surface area contributed by atoms with Crippen LogP contribution in [-0.2, 0) is 17.7 Å². The quantitative estimate of drug-likeness (QED) is 0.801. The Kier molecular flexibility index (Phi) is 4.68. The molecule has 4 nitrogen and oxygen atoms in total. The summed E-state index contributed by atoms with van der Waals surface area (Å²) in [5.41, 5.74) is 0.820.